The van der Waals surface area contributed by atoms with Crippen molar-refractivity contribution in [1.29, 1.82) is 0 Å². The third kappa shape index (κ3) is 2.28. The molecule has 1 heterocycles. The van der Waals surface area contributed by atoms with Crippen molar-refractivity contribution in [2.45, 2.75) is 6.92 Å². The fourth-order valence-corrected chi connectivity index (χ4v) is 1.96. The van der Waals surface area contributed by atoms with Crippen LogP contribution < -0.4 is 0 Å². The lowest BCUT2D eigenvalue weighted by atomic mass is 10.3. The van der Waals surface area contributed by atoms with Crippen LogP contribution in [0.5, 0.6) is 0 Å². The number of aryl methyl sites for hydroxylation is 1. The molecule has 0 fully saturated rings. The lowest BCUT2D eigenvalue weighted by molar-refractivity contribution is 0.0689. The minimum absolute atomic E-state index is 0.0102. The van der Waals surface area contributed by atoms with Crippen LogP contribution in [0.2, 0.25) is 10.0 Å². The Morgan fingerprint density at radius 3 is 2.65 bits per heavy atom. The quantitative estimate of drug-likeness (QED) is 0.912. The fourth-order valence-electron chi connectivity index (χ4n) is 1.46. The molecular weight excluding hydrogens is 263 g/mol. The SMILES string of the molecule is Cc1cn(-c2ccc(Cl)cc2Cl)nc1C(=O)O. The lowest BCUT2D eigenvalue weighted by Crippen LogP contribution is -2.02. The monoisotopic (exact) mass is 270 g/mol. The average Bonchev–Trinajstić information content (AvgIpc) is 2.60. The first-order chi connectivity index (χ1) is 7.99. The first kappa shape index (κ1) is 12.0. The number of aromatic carboxylic acids is 1. The van der Waals surface area contributed by atoms with E-state index >= 15 is 0 Å². The van der Waals surface area contributed by atoms with E-state index < -0.39 is 5.97 Å². The van der Waals surface area contributed by atoms with Crippen molar-refractivity contribution in [3.05, 3.63) is 45.7 Å². The Bertz CT molecular complexity index is 593. The zero-order valence-electron chi connectivity index (χ0n) is 8.82. The normalized spacial score (nSPS) is 10.5. The van der Waals surface area contributed by atoms with E-state index in [2.05, 4.69) is 5.10 Å². The van der Waals surface area contributed by atoms with Gasteiger partial charge in [-0.15, -0.1) is 0 Å². The molecule has 88 valence electrons. The molecule has 2 rings (SSSR count). The van der Waals surface area contributed by atoms with E-state index in [0.29, 0.717) is 21.3 Å². The topological polar surface area (TPSA) is 55.1 Å². The van der Waals surface area contributed by atoms with Crippen LogP contribution >= 0.6 is 23.2 Å². The van der Waals surface area contributed by atoms with Crippen LogP contribution in [-0.2, 0) is 0 Å². The fraction of sp³-hybridized carbons (Fsp3) is 0.0909. The van der Waals surface area contributed by atoms with Crippen LogP contribution in [0.1, 0.15) is 16.1 Å². The number of nitrogens with zero attached hydrogens (tertiary/aromatic N) is 2. The van der Waals surface area contributed by atoms with Crippen molar-refractivity contribution in [3.63, 3.8) is 0 Å². The van der Waals surface area contributed by atoms with Gasteiger partial charge in [-0.3, -0.25) is 0 Å². The molecule has 0 bridgehead atoms. The van der Waals surface area contributed by atoms with Crippen LogP contribution in [0.3, 0.4) is 0 Å². The summed E-state index contributed by atoms with van der Waals surface area (Å²) in [6, 6.07) is 4.93. The van der Waals surface area contributed by atoms with Crippen molar-refractivity contribution >= 4 is 29.2 Å². The summed E-state index contributed by atoms with van der Waals surface area (Å²) in [4.78, 5) is 10.9. The highest BCUT2D eigenvalue weighted by molar-refractivity contribution is 6.35. The second-order valence-corrected chi connectivity index (χ2v) is 4.35. The Morgan fingerprint density at radius 1 is 1.41 bits per heavy atom. The van der Waals surface area contributed by atoms with E-state index in [4.69, 9.17) is 28.3 Å². The number of carboxylic acid groups (broad SMARTS) is 1. The van der Waals surface area contributed by atoms with E-state index in [9.17, 15) is 4.79 Å². The van der Waals surface area contributed by atoms with Crippen LogP contribution in [-0.4, -0.2) is 20.9 Å². The molecule has 0 radical (unpaired) electrons. The molecule has 0 amide bonds. The number of carbonyl (C=O) groups is 1. The second kappa shape index (κ2) is 4.39. The number of aromatic nitrogens is 2. The number of carboxylic acids is 1. The van der Waals surface area contributed by atoms with E-state index in [1.807, 2.05) is 0 Å². The van der Waals surface area contributed by atoms with Crippen LogP contribution in [0.4, 0.5) is 0 Å². The van der Waals surface area contributed by atoms with Gasteiger partial charge in [0.05, 0.1) is 10.7 Å². The smallest absolute Gasteiger partial charge is 0.356 e. The summed E-state index contributed by atoms with van der Waals surface area (Å²) in [5.74, 6) is -1.06. The molecule has 2 aromatic rings. The summed E-state index contributed by atoms with van der Waals surface area (Å²) >= 11 is 11.8. The van der Waals surface area contributed by atoms with Gasteiger partial charge in [0, 0.05) is 16.8 Å². The van der Waals surface area contributed by atoms with Crippen molar-refractivity contribution in [2.24, 2.45) is 0 Å². The number of rotatable bonds is 2. The first-order valence-electron chi connectivity index (χ1n) is 4.74. The van der Waals surface area contributed by atoms with Crippen molar-refractivity contribution in [2.75, 3.05) is 0 Å². The molecule has 0 spiro atoms. The molecule has 0 unspecified atom stereocenters. The number of hydrogen-bond donors (Lipinski definition) is 1. The van der Waals surface area contributed by atoms with Gasteiger partial charge in [0.2, 0.25) is 0 Å². The Balaban J connectivity index is 2.53. The van der Waals surface area contributed by atoms with Gasteiger partial charge in [0.25, 0.3) is 0 Å². The second-order valence-electron chi connectivity index (χ2n) is 3.51. The average molecular weight is 271 g/mol. The summed E-state index contributed by atoms with van der Waals surface area (Å²) in [7, 11) is 0. The van der Waals surface area contributed by atoms with Crippen LogP contribution in [0.25, 0.3) is 5.69 Å². The highest BCUT2D eigenvalue weighted by atomic mass is 35.5. The standard InChI is InChI=1S/C11H8Cl2N2O2/c1-6-5-15(14-10(6)11(16)17)9-3-2-7(12)4-8(9)13/h2-5H,1H3,(H,16,17). The predicted octanol–water partition coefficient (Wildman–Crippen LogP) is 3.19. The molecule has 1 aromatic heterocycles. The number of hydrogen-bond acceptors (Lipinski definition) is 2. The molecule has 0 saturated carbocycles. The van der Waals surface area contributed by atoms with Gasteiger partial charge in [-0.25, -0.2) is 9.48 Å². The van der Waals surface area contributed by atoms with Gasteiger partial charge >= 0.3 is 5.97 Å². The molecule has 1 N–H and O–H groups in total. The molecule has 4 nitrogen and oxygen atoms in total. The van der Waals surface area contributed by atoms with Crippen LogP contribution in [0, 0.1) is 6.92 Å². The maximum absolute atomic E-state index is 10.9. The summed E-state index contributed by atoms with van der Waals surface area (Å²) in [5.41, 5.74) is 1.17. The summed E-state index contributed by atoms with van der Waals surface area (Å²) in [6.45, 7) is 1.68. The molecule has 0 aliphatic heterocycles. The maximum Gasteiger partial charge on any atom is 0.356 e. The Hall–Kier alpha value is -1.52. The molecule has 17 heavy (non-hydrogen) atoms. The van der Waals surface area contributed by atoms with E-state index in [1.54, 1.807) is 31.3 Å². The number of halogens is 2. The highest BCUT2D eigenvalue weighted by Gasteiger charge is 2.14. The molecule has 0 saturated heterocycles. The predicted molar refractivity (Wildman–Crippen MR) is 65.3 cm³/mol. The van der Waals surface area contributed by atoms with E-state index in [0.717, 1.165) is 0 Å². The van der Waals surface area contributed by atoms with Crippen molar-refractivity contribution < 1.29 is 9.90 Å². The molecule has 0 atom stereocenters. The lowest BCUT2D eigenvalue weighted by Gasteiger charge is -2.03. The number of benzene rings is 1. The minimum Gasteiger partial charge on any atom is -0.476 e. The Kier molecular flexibility index (Phi) is 3.09. The van der Waals surface area contributed by atoms with Gasteiger partial charge in [-0.2, -0.15) is 5.10 Å². The van der Waals surface area contributed by atoms with Gasteiger partial charge in [0.1, 0.15) is 0 Å². The summed E-state index contributed by atoms with van der Waals surface area (Å²) in [5, 5.41) is 13.8. The molecule has 0 aliphatic carbocycles. The van der Waals surface area contributed by atoms with Gasteiger partial charge in [-0.1, -0.05) is 23.2 Å². The Morgan fingerprint density at radius 2 is 2.12 bits per heavy atom. The van der Waals surface area contributed by atoms with Crippen LogP contribution in [0.15, 0.2) is 24.4 Å². The zero-order chi connectivity index (χ0) is 12.6. The zero-order valence-corrected chi connectivity index (χ0v) is 10.3. The first-order valence-corrected chi connectivity index (χ1v) is 5.49. The summed E-state index contributed by atoms with van der Waals surface area (Å²) in [6.07, 6.45) is 1.61. The van der Waals surface area contributed by atoms with Gasteiger partial charge in [0.15, 0.2) is 5.69 Å². The van der Waals surface area contributed by atoms with Gasteiger partial charge in [-0.05, 0) is 25.1 Å². The van der Waals surface area contributed by atoms with E-state index in [1.165, 1.54) is 4.68 Å². The van der Waals surface area contributed by atoms with Crippen molar-refractivity contribution in [1.82, 2.24) is 9.78 Å². The van der Waals surface area contributed by atoms with E-state index in [-0.39, 0.29) is 5.69 Å². The molecule has 1 aromatic carbocycles. The third-order valence-corrected chi connectivity index (χ3v) is 2.79. The molecule has 0 aliphatic rings. The highest BCUT2D eigenvalue weighted by Crippen LogP contribution is 2.24. The minimum atomic E-state index is -1.06. The largest absolute Gasteiger partial charge is 0.476 e. The molecular formula is C11H8Cl2N2O2. The van der Waals surface area contributed by atoms with Gasteiger partial charge < -0.3 is 5.11 Å². The third-order valence-electron chi connectivity index (χ3n) is 2.26. The maximum atomic E-state index is 10.9. The Labute approximate surface area is 107 Å². The molecule has 6 heteroatoms. The van der Waals surface area contributed by atoms with Crippen molar-refractivity contribution in [3.8, 4) is 5.69 Å². The summed E-state index contributed by atoms with van der Waals surface area (Å²) < 4.78 is 1.43.